The molecule has 0 aliphatic carbocycles. The summed E-state index contributed by atoms with van der Waals surface area (Å²) >= 11 is 5.94. The van der Waals surface area contributed by atoms with Gasteiger partial charge in [0.2, 0.25) is 5.91 Å². The van der Waals surface area contributed by atoms with Gasteiger partial charge in [0.15, 0.2) is 0 Å². The third-order valence-corrected chi connectivity index (χ3v) is 4.04. The number of rotatable bonds is 4. The van der Waals surface area contributed by atoms with Crippen LogP contribution < -0.4 is 10.9 Å². The van der Waals surface area contributed by atoms with Gasteiger partial charge in [0, 0.05) is 11.1 Å². The van der Waals surface area contributed by atoms with Crippen LogP contribution in [0.2, 0.25) is 5.02 Å². The highest BCUT2D eigenvalue weighted by atomic mass is 35.5. The van der Waals surface area contributed by atoms with Gasteiger partial charge in [-0.1, -0.05) is 29.8 Å². The normalized spacial score (nSPS) is 10.5. The number of carbonyl (C=O) groups excluding carboxylic acids is 2. The average Bonchev–Trinajstić information content (AvgIpc) is 2.65. The van der Waals surface area contributed by atoms with E-state index in [1.165, 1.54) is 25.4 Å². The lowest BCUT2D eigenvalue weighted by atomic mass is 10.2. The maximum Gasteiger partial charge on any atom is 0.339 e. The summed E-state index contributed by atoms with van der Waals surface area (Å²) in [4.78, 5) is 36.3. The second-order valence-corrected chi connectivity index (χ2v) is 5.84. The van der Waals surface area contributed by atoms with Gasteiger partial charge in [0.1, 0.15) is 6.54 Å². The predicted octanol–water partition coefficient (Wildman–Crippen LogP) is 2.48. The molecule has 132 valence electrons. The van der Waals surface area contributed by atoms with Crippen LogP contribution >= 0.6 is 11.6 Å². The van der Waals surface area contributed by atoms with E-state index in [0.29, 0.717) is 16.5 Å². The molecule has 3 rings (SSSR count). The molecule has 0 bridgehead atoms. The Balaban J connectivity index is 1.81. The van der Waals surface area contributed by atoms with Gasteiger partial charge in [0.05, 0.1) is 29.3 Å². The van der Waals surface area contributed by atoms with Crippen LogP contribution in [-0.2, 0) is 16.1 Å². The first-order valence-corrected chi connectivity index (χ1v) is 8.00. The van der Waals surface area contributed by atoms with Gasteiger partial charge in [-0.25, -0.2) is 9.48 Å². The predicted molar refractivity (Wildman–Crippen MR) is 97.4 cm³/mol. The summed E-state index contributed by atoms with van der Waals surface area (Å²) in [6.07, 6.45) is 1.53. The number of benzene rings is 2. The Labute approximate surface area is 153 Å². The summed E-state index contributed by atoms with van der Waals surface area (Å²) in [5.74, 6) is -1.08. The second kappa shape index (κ2) is 7.37. The molecule has 0 spiro atoms. The van der Waals surface area contributed by atoms with Crippen molar-refractivity contribution in [2.45, 2.75) is 6.54 Å². The molecule has 0 aliphatic heterocycles. The monoisotopic (exact) mass is 371 g/mol. The van der Waals surface area contributed by atoms with E-state index in [1.807, 2.05) is 0 Å². The standard InChI is InChI=1S/C18H14ClN3O4/c1-26-18(25)14-8-12(6-7-15(14)19)21-16(23)10-22-17(24)13-5-3-2-4-11(13)9-20-22/h2-9H,10H2,1H3,(H,21,23). The average molecular weight is 372 g/mol. The lowest BCUT2D eigenvalue weighted by molar-refractivity contribution is -0.117. The lowest BCUT2D eigenvalue weighted by Gasteiger charge is -2.09. The largest absolute Gasteiger partial charge is 0.465 e. The van der Waals surface area contributed by atoms with Crippen LogP contribution in [0.15, 0.2) is 53.5 Å². The number of amides is 1. The van der Waals surface area contributed by atoms with E-state index < -0.39 is 11.9 Å². The zero-order valence-electron chi connectivity index (χ0n) is 13.7. The third kappa shape index (κ3) is 3.57. The van der Waals surface area contributed by atoms with Crippen molar-refractivity contribution >= 4 is 39.9 Å². The van der Waals surface area contributed by atoms with Gasteiger partial charge in [-0.15, -0.1) is 0 Å². The van der Waals surface area contributed by atoms with Crippen LogP contribution in [0.4, 0.5) is 5.69 Å². The fourth-order valence-electron chi connectivity index (χ4n) is 2.45. The minimum atomic E-state index is -0.612. The molecular formula is C18H14ClN3O4. The topological polar surface area (TPSA) is 90.3 Å². The highest BCUT2D eigenvalue weighted by Gasteiger charge is 2.13. The van der Waals surface area contributed by atoms with Crippen LogP contribution in [0, 0.1) is 0 Å². The number of ether oxygens (including phenoxy) is 1. The number of aromatic nitrogens is 2. The van der Waals surface area contributed by atoms with Crippen LogP contribution in [-0.4, -0.2) is 28.8 Å². The Morgan fingerprint density at radius 2 is 2.00 bits per heavy atom. The number of hydrogen-bond acceptors (Lipinski definition) is 5. The molecule has 0 saturated heterocycles. The number of halogens is 1. The maximum absolute atomic E-state index is 12.4. The number of anilines is 1. The molecule has 0 saturated carbocycles. The highest BCUT2D eigenvalue weighted by molar-refractivity contribution is 6.33. The molecule has 3 aromatic rings. The molecule has 26 heavy (non-hydrogen) atoms. The summed E-state index contributed by atoms with van der Waals surface area (Å²) in [5.41, 5.74) is 0.131. The van der Waals surface area contributed by atoms with Gasteiger partial charge in [0.25, 0.3) is 5.56 Å². The first-order chi connectivity index (χ1) is 12.5. The van der Waals surface area contributed by atoms with Crippen molar-refractivity contribution in [1.29, 1.82) is 0 Å². The van der Waals surface area contributed by atoms with Crippen molar-refractivity contribution < 1.29 is 14.3 Å². The fraction of sp³-hybridized carbons (Fsp3) is 0.111. The van der Waals surface area contributed by atoms with Gasteiger partial charge in [-0.2, -0.15) is 5.10 Å². The molecule has 0 aliphatic rings. The first kappa shape index (κ1) is 17.6. The van der Waals surface area contributed by atoms with E-state index >= 15 is 0 Å². The molecule has 2 aromatic carbocycles. The SMILES string of the molecule is COC(=O)c1cc(NC(=O)Cn2ncc3ccccc3c2=O)ccc1Cl. The van der Waals surface area contributed by atoms with E-state index in [1.54, 1.807) is 30.3 Å². The number of carbonyl (C=O) groups is 2. The molecule has 1 N–H and O–H groups in total. The number of nitrogens with zero attached hydrogens (tertiary/aromatic N) is 2. The second-order valence-electron chi connectivity index (χ2n) is 5.43. The molecule has 0 unspecified atom stereocenters. The van der Waals surface area contributed by atoms with Gasteiger partial charge in [-0.3, -0.25) is 9.59 Å². The van der Waals surface area contributed by atoms with E-state index in [4.69, 9.17) is 11.6 Å². The molecule has 1 amide bonds. The molecule has 1 heterocycles. The van der Waals surface area contributed by atoms with E-state index in [9.17, 15) is 14.4 Å². The Morgan fingerprint density at radius 3 is 2.77 bits per heavy atom. The first-order valence-electron chi connectivity index (χ1n) is 7.62. The van der Waals surface area contributed by atoms with Crippen molar-refractivity contribution in [3.63, 3.8) is 0 Å². The summed E-state index contributed by atoms with van der Waals surface area (Å²) in [6, 6.07) is 11.4. The minimum Gasteiger partial charge on any atom is -0.465 e. The quantitative estimate of drug-likeness (QED) is 0.711. The maximum atomic E-state index is 12.4. The van der Waals surface area contributed by atoms with E-state index in [0.717, 1.165) is 4.68 Å². The molecule has 0 atom stereocenters. The van der Waals surface area contributed by atoms with Crippen molar-refractivity contribution in [3.05, 3.63) is 69.6 Å². The Morgan fingerprint density at radius 1 is 1.23 bits per heavy atom. The Hall–Kier alpha value is -3.19. The van der Waals surface area contributed by atoms with Crippen molar-refractivity contribution in [1.82, 2.24) is 9.78 Å². The lowest BCUT2D eigenvalue weighted by Crippen LogP contribution is -2.29. The third-order valence-electron chi connectivity index (χ3n) is 3.71. The molecule has 8 heteroatoms. The van der Waals surface area contributed by atoms with Crippen LogP contribution in [0.25, 0.3) is 10.8 Å². The van der Waals surface area contributed by atoms with E-state index in [-0.39, 0.29) is 22.7 Å². The van der Waals surface area contributed by atoms with Crippen molar-refractivity contribution in [2.24, 2.45) is 0 Å². The molecular weight excluding hydrogens is 358 g/mol. The van der Waals surface area contributed by atoms with Gasteiger partial charge in [-0.05, 0) is 24.3 Å². The van der Waals surface area contributed by atoms with Crippen molar-refractivity contribution in [2.75, 3.05) is 12.4 Å². The Kier molecular flexibility index (Phi) is 4.99. The number of fused-ring (bicyclic) bond motifs is 1. The molecule has 1 aromatic heterocycles. The highest BCUT2D eigenvalue weighted by Crippen LogP contribution is 2.21. The molecule has 0 radical (unpaired) electrons. The van der Waals surface area contributed by atoms with Crippen LogP contribution in [0.3, 0.4) is 0 Å². The number of hydrogen-bond donors (Lipinski definition) is 1. The van der Waals surface area contributed by atoms with Crippen LogP contribution in [0.5, 0.6) is 0 Å². The number of esters is 1. The van der Waals surface area contributed by atoms with Crippen molar-refractivity contribution in [3.8, 4) is 0 Å². The number of methoxy groups -OCH3 is 1. The summed E-state index contributed by atoms with van der Waals surface area (Å²) in [5, 5.41) is 8.01. The van der Waals surface area contributed by atoms with Crippen LogP contribution in [0.1, 0.15) is 10.4 Å². The summed E-state index contributed by atoms with van der Waals surface area (Å²) in [7, 11) is 1.24. The fourth-order valence-corrected chi connectivity index (χ4v) is 2.64. The molecule has 7 nitrogen and oxygen atoms in total. The van der Waals surface area contributed by atoms with Gasteiger partial charge >= 0.3 is 5.97 Å². The Bertz CT molecular complexity index is 1060. The zero-order valence-corrected chi connectivity index (χ0v) is 14.5. The van der Waals surface area contributed by atoms with Gasteiger partial charge < -0.3 is 10.1 Å². The summed E-state index contributed by atoms with van der Waals surface area (Å²) < 4.78 is 5.72. The minimum absolute atomic E-state index is 0.132. The zero-order chi connectivity index (χ0) is 18.7. The summed E-state index contributed by atoms with van der Waals surface area (Å²) in [6.45, 7) is -0.264. The molecule has 0 fully saturated rings. The number of nitrogens with one attached hydrogen (secondary N) is 1. The smallest absolute Gasteiger partial charge is 0.339 e. The van der Waals surface area contributed by atoms with E-state index in [2.05, 4.69) is 15.2 Å².